The van der Waals surface area contributed by atoms with Crippen molar-refractivity contribution >= 4 is 59.2 Å². The van der Waals surface area contributed by atoms with Gasteiger partial charge in [0.2, 0.25) is 0 Å². The maximum atomic E-state index is 12.2. The summed E-state index contributed by atoms with van der Waals surface area (Å²) in [5, 5.41) is 7.90. The first-order valence-corrected chi connectivity index (χ1v) is 10.4. The number of carbonyl (C=O) groups is 2. The second-order valence-corrected chi connectivity index (χ2v) is 8.43. The fourth-order valence-electron chi connectivity index (χ4n) is 2.10. The number of amides is 2. The minimum atomic E-state index is -0.494. The molecule has 2 aromatic carbocycles. The smallest absolute Gasteiger partial charge is 0.252 e. The summed E-state index contributed by atoms with van der Waals surface area (Å²) in [4.78, 5) is 24.3. The lowest BCUT2D eigenvalue weighted by atomic mass is 10.2. The van der Waals surface area contributed by atoms with Gasteiger partial charge >= 0.3 is 0 Å². The van der Waals surface area contributed by atoms with E-state index in [2.05, 4.69) is 21.1 Å². The fourth-order valence-corrected chi connectivity index (χ4v) is 3.44. The van der Waals surface area contributed by atoms with E-state index >= 15 is 0 Å². The minimum Gasteiger partial charge on any atom is -0.272 e. The Bertz CT molecular complexity index is 847. The average Bonchev–Trinajstić information content (AvgIpc) is 2.70. The lowest BCUT2D eigenvalue weighted by Gasteiger charge is -2.14. The van der Waals surface area contributed by atoms with E-state index in [9.17, 15) is 9.59 Å². The molecule has 2 N–H and O–H groups in total. The van der Waals surface area contributed by atoms with Crippen LogP contribution in [0.4, 0.5) is 0 Å². The molecule has 2 amide bonds. The molecular formula is C20H20Cl2N4O2S. The lowest BCUT2D eigenvalue weighted by molar-refractivity contribution is -0.120. The van der Waals surface area contributed by atoms with E-state index in [0.717, 1.165) is 0 Å². The number of hydrogen-bond donors (Lipinski definition) is 2. The van der Waals surface area contributed by atoms with Crippen molar-refractivity contribution in [1.82, 2.24) is 10.9 Å². The van der Waals surface area contributed by atoms with E-state index in [-0.39, 0.29) is 11.8 Å². The predicted molar refractivity (Wildman–Crippen MR) is 121 cm³/mol. The lowest BCUT2D eigenvalue weighted by Crippen LogP contribution is -2.33. The van der Waals surface area contributed by atoms with E-state index in [4.69, 9.17) is 23.2 Å². The van der Waals surface area contributed by atoms with E-state index < -0.39 is 10.5 Å². The van der Waals surface area contributed by atoms with Gasteiger partial charge in [0.1, 0.15) is 0 Å². The molecule has 9 heteroatoms. The molecule has 0 aliphatic carbocycles. The van der Waals surface area contributed by atoms with Crippen LogP contribution in [0, 0.1) is 0 Å². The van der Waals surface area contributed by atoms with Gasteiger partial charge in [-0.1, -0.05) is 59.6 Å². The van der Waals surface area contributed by atoms with Crippen LogP contribution in [0.3, 0.4) is 0 Å². The first-order valence-electron chi connectivity index (χ1n) is 8.69. The molecule has 0 heterocycles. The number of nitrogens with zero attached hydrogens (tertiary/aromatic N) is 2. The highest BCUT2D eigenvalue weighted by atomic mass is 35.5. The Balaban J connectivity index is 1.80. The molecule has 0 saturated carbocycles. The Labute approximate surface area is 183 Å². The van der Waals surface area contributed by atoms with Crippen molar-refractivity contribution in [2.75, 3.05) is 0 Å². The highest BCUT2D eigenvalue weighted by Crippen LogP contribution is 2.18. The Morgan fingerprint density at radius 1 is 0.828 bits per heavy atom. The summed E-state index contributed by atoms with van der Waals surface area (Å²) in [7, 11) is 0. The van der Waals surface area contributed by atoms with Crippen molar-refractivity contribution in [1.29, 1.82) is 0 Å². The van der Waals surface area contributed by atoms with Gasteiger partial charge in [-0.2, -0.15) is 10.2 Å². The standard InChI is InChI=1S/C20H20Cl2N4O2S/c1-13(19(27)25-23-11-15-7-3-5-9-17(15)21)29-14(2)20(28)26-24-12-16-8-4-6-10-18(16)22/h3-14H,1-2H3,(H,25,27)(H,26,28)/b23-11+,24-12+. The zero-order chi connectivity index (χ0) is 21.2. The van der Waals surface area contributed by atoms with Gasteiger partial charge in [0.05, 0.1) is 22.9 Å². The van der Waals surface area contributed by atoms with Crippen LogP contribution in [0.25, 0.3) is 0 Å². The summed E-state index contributed by atoms with van der Waals surface area (Å²) < 4.78 is 0. The monoisotopic (exact) mass is 450 g/mol. The molecule has 152 valence electrons. The van der Waals surface area contributed by atoms with Gasteiger partial charge in [0, 0.05) is 21.2 Å². The first kappa shape index (κ1) is 22.9. The van der Waals surface area contributed by atoms with Crippen LogP contribution in [-0.2, 0) is 9.59 Å². The zero-order valence-corrected chi connectivity index (χ0v) is 18.1. The average molecular weight is 451 g/mol. The number of halogens is 2. The van der Waals surface area contributed by atoms with E-state index in [0.29, 0.717) is 21.2 Å². The van der Waals surface area contributed by atoms with Crippen molar-refractivity contribution in [3.05, 3.63) is 69.7 Å². The summed E-state index contributed by atoms with van der Waals surface area (Å²) in [5.41, 5.74) is 6.28. The van der Waals surface area contributed by atoms with Crippen LogP contribution in [-0.4, -0.2) is 34.7 Å². The van der Waals surface area contributed by atoms with Crippen molar-refractivity contribution in [2.24, 2.45) is 10.2 Å². The topological polar surface area (TPSA) is 82.9 Å². The molecular weight excluding hydrogens is 431 g/mol. The number of thioether (sulfide) groups is 1. The second kappa shape index (κ2) is 11.6. The van der Waals surface area contributed by atoms with Crippen LogP contribution < -0.4 is 10.9 Å². The fraction of sp³-hybridized carbons (Fsp3) is 0.200. The Kier molecular flexibility index (Phi) is 9.18. The van der Waals surface area contributed by atoms with E-state index in [1.54, 1.807) is 38.1 Å². The molecule has 0 spiro atoms. The maximum absolute atomic E-state index is 12.2. The van der Waals surface area contributed by atoms with Crippen molar-refractivity contribution < 1.29 is 9.59 Å². The molecule has 2 aromatic rings. The summed E-state index contributed by atoms with van der Waals surface area (Å²) in [5.74, 6) is -0.643. The van der Waals surface area contributed by atoms with E-state index in [1.807, 2.05) is 24.3 Å². The molecule has 6 nitrogen and oxygen atoms in total. The maximum Gasteiger partial charge on any atom is 0.252 e. The third kappa shape index (κ3) is 7.53. The molecule has 0 aliphatic heterocycles. The number of rotatable bonds is 8. The number of hydrazone groups is 2. The molecule has 0 fully saturated rings. The summed E-state index contributed by atoms with van der Waals surface area (Å²) in [6, 6.07) is 14.3. The van der Waals surface area contributed by atoms with Gasteiger partial charge < -0.3 is 0 Å². The molecule has 2 atom stereocenters. The van der Waals surface area contributed by atoms with Gasteiger partial charge in [0.15, 0.2) is 0 Å². The molecule has 0 aromatic heterocycles. The second-order valence-electron chi connectivity index (χ2n) is 5.93. The Hall–Kier alpha value is -2.35. The number of carbonyl (C=O) groups excluding carboxylic acids is 2. The molecule has 0 aliphatic rings. The van der Waals surface area contributed by atoms with Crippen LogP contribution in [0.5, 0.6) is 0 Å². The summed E-state index contributed by atoms with van der Waals surface area (Å²) in [6.07, 6.45) is 2.94. The minimum absolute atomic E-state index is 0.322. The van der Waals surface area contributed by atoms with Gasteiger partial charge in [-0.05, 0) is 26.0 Å². The first-order chi connectivity index (χ1) is 13.9. The van der Waals surface area contributed by atoms with Crippen LogP contribution in [0.1, 0.15) is 25.0 Å². The summed E-state index contributed by atoms with van der Waals surface area (Å²) in [6.45, 7) is 3.39. The molecule has 2 unspecified atom stereocenters. The van der Waals surface area contributed by atoms with Crippen molar-refractivity contribution in [2.45, 2.75) is 24.3 Å². The number of hydrogen-bond acceptors (Lipinski definition) is 5. The quantitative estimate of drug-likeness (QED) is 0.468. The van der Waals surface area contributed by atoms with Crippen LogP contribution in [0.2, 0.25) is 10.0 Å². The normalized spacial score (nSPS) is 13.4. The third-order valence-electron chi connectivity index (χ3n) is 3.71. The third-order valence-corrected chi connectivity index (χ3v) is 5.65. The summed E-state index contributed by atoms with van der Waals surface area (Å²) >= 11 is 13.2. The van der Waals surface area contributed by atoms with Gasteiger partial charge in [0.25, 0.3) is 11.8 Å². The molecule has 0 radical (unpaired) electrons. The number of benzene rings is 2. The predicted octanol–water partition coefficient (Wildman–Crippen LogP) is 4.10. The van der Waals surface area contributed by atoms with Crippen molar-refractivity contribution in [3.8, 4) is 0 Å². The highest BCUT2D eigenvalue weighted by Gasteiger charge is 2.21. The molecule has 29 heavy (non-hydrogen) atoms. The Morgan fingerprint density at radius 3 is 1.59 bits per heavy atom. The molecule has 2 rings (SSSR count). The van der Waals surface area contributed by atoms with Crippen LogP contribution in [0.15, 0.2) is 58.7 Å². The zero-order valence-electron chi connectivity index (χ0n) is 15.8. The van der Waals surface area contributed by atoms with Crippen LogP contribution >= 0.6 is 35.0 Å². The van der Waals surface area contributed by atoms with Gasteiger partial charge in [-0.25, -0.2) is 10.9 Å². The largest absolute Gasteiger partial charge is 0.272 e. The molecule has 0 bridgehead atoms. The SMILES string of the molecule is CC(SC(C)C(=O)N/N=C/c1ccccc1Cl)C(=O)N/N=C/c1ccccc1Cl. The van der Waals surface area contributed by atoms with Gasteiger partial charge in [-0.15, -0.1) is 11.8 Å². The molecule has 0 saturated heterocycles. The van der Waals surface area contributed by atoms with E-state index in [1.165, 1.54) is 24.2 Å². The van der Waals surface area contributed by atoms with Crippen molar-refractivity contribution in [3.63, 3.8) is 0 Å². The highest BCUT2D eigenvalue weighted by molar-refractivity contribution is 8.01. The van der Waals surface area contributed by atoms with Gasteiger partial charge in [-0.3, -0.25) is 9.59 Å². The number of nitrogens with one attached hydrogen (secondary N) is 2. The Morgan fingerprint density at radius 2 is 1.21 bits per heavy atom.